The molecule has 5 nitrogen and oxygen atoms in total. The number of carbonyl (C=O) groups excluding carboxylic acids is 1. The van der Waals surface area contributed by atoms with Crippen LogP contribution in [0.4, 0.5) is 0 Å². The van der Waals surface area contributed by atoms with Crippen molar-refractivity contribution in [1.82, 2.24) is 14.8 Å². The maximum atomic E-state index is 12.4. The number of amides is 1. The minimum Gasteiger partial charge on any atom is -0.483 e. The van der Waals surface area contributed by atoms with E-state index in [1.807, 2.05) is 55.3 Å². The van der Waals surface area contributed by atoms with Gasteiger partial charge in [0.1, 0.15) is 5.75 Å². The van der Waals surface area contributed by atoms with Crippen molar-refractivity contribution >= 4 is 18.3 Å². The number of carbonyl (C=O) groups is 1. The van der Waals surface area contributed by atoms with Gasteiger partial charge >= 0.3 is 0 Å². The summed E-state index contributed by atoms with van der Waals surface area (Å²) in [6.45, 7) is 8.50. The van der Waals surface area contributed by atoms with E-state index in [2.05, 4.69) is 16.0 Å². The van der Waals surface area contributed by atoms with E-state index in [1.165, 1.54) is 5.56 Å². The Kier molecular flexibility index (Phi) is 8.07. The highest BCUT2D eigenvalue weighted by Gasteiger charge is 2.21. The molecular weight excluding hydrogens is 362 g/mol. The van der Waals surface area contributed by atoms with Crippen molar-refractivity contribution in [2.75, 3.05) is 39.3 Å². The molecule has 1 aliphatic heterocycles. The van der Waals surface area contributed by atoms with Gasteiger partial charge in [-0.3, -0.25) is 14.7 Å². The largest absolute Gasteiger partial charge is 0.483 e. The van der Waals surface area contributed by atoms with Crippen LogP contribution in [-0.4, -0.2) is 60.0 Å². The Labute approximate surface area is 167 Å². The number of hydrogen-bond donors (Lipinski definition) is 0. The Morgan fingerprint density at radius 3 is 2.56 bits per heavy atom. The molecule has 1 amide bonds. The van der Waals surface area contributed by atoms with Gasteiger partial charge in [0.25, 0.3) is 5.91 Å². The van der Waals surface area contributed by atoms with Gasteiger partial charge in [-0.05, 0) is 43.2 Å². The molecule has 1 aromatic heterocycles. The zero-order chi connectivity index (χ0) is 18.4. The Bertz CT molecular complexity index is 731. The highest BCUT2D eigenvalue weighted by Crippen LogP contribution is 2.20. The number of nitrogens with zero attached hydrogens (tertiary/aromatic N) is 3. The Morgan fingerprint density at radius 2 is 1.85 bits per heavy atom. The molecule has 27 heavy (non-hydrogen) atoms. The topological polar surface area (TPSA) is 45.7 Å². The van der Waals surface area contributed by atoms with Crippen LogP contribution >= 0.6 is 12.4 Å². The van der Waals surface area contributed by atoms with Gasteiger partial charge in [0.15, 0.2) is 6.61 Å². The van der Waals surface area contributed by atoms with Crippen LogP contribution in [0.5, 0.6) is 5.75 Å². The molecule has 1 saturated heterocycles. The quantitative estimate of drug-likeness (QED) is 0.762. The summed E-state index contributed by atoms with van der Waals surface area (Å²) in [5.74, 6) is 0.864. The number of aromatic nitrogens is 1. The molecule has 2 aromatic rings. The number of aryl methyl sites for hydroxylation is 1. The van der Waals surface area contributed by atoms with Crippen LogP contribution in [0.3, 0.4) is 0 Å². The fourth-order valence-electron chi connectivity index (χ4n) is 3.15. The summed E-state index contributed by atoms with van der Waals surface area (Å²) >= 11 is 0. The predicted molar refractivity (Wildman–Crippen MR) is 110 cm³/mol. The molecule has 0 radical (unpaired) electrons. The standard InChI is InChI=1S/C21H27N3O2.ClH/c1-17-6-5-8-20(18(17)2)26-16-21(25)24-14-12-23(13-15-24)11-9-19-7-3-4-10-22-19;/h3-8,10H,9,11-16H2,1-2H3;1H. The average molecular weight is 390 g/mol. The van der Waals surface area contributed by atoms with Crippen LogP contribution in [0.15, 0.2) is 42.6 Å². The first-order valence-electron chi connectivity index (χ1n) is 9.22. The highest BCUT2D eigenvalue weighted by molar-refractivity contribution is 5.85. The van der Waals surface area contributed by atoms with Crippen molar-refractivity contribution in [2.45, 2.75) is 20.3 Å². The lowest BCUT2D eigenvalue weighted by molar-refractivity contribution is -0.135. The van der Waals surface area contributed by atoms with E-state index < -0.39 is 0 Å². The lowest BCUT2D eigenvalue weighted by Gasteiger charge is -2.34. The summed E-state index contributed by atoms with van der Waals surface area (Å²) in [6.07, 6.45) is 2.78. The molecule has 0 spiro atoms. The van der Waals surface area contributed by atoms with Crippen molar-refractivity contribution in [1.29, 1.82) is 0 Å². The summed E-state index contributed by atoms with van der Waals surface area (Å²) in [6, 6.07) is 12.0. The van der Waals surface area contributed by atoms with E-state index in [4.69, 9.17) is 4.74 Å². The molecular formula is C21H28ClN3O2. The molecule has 0 unspecified atom stereocenters. The SMILES string of the molecule is Cc1cccc(OCC(=O)N2CCN(CCc3ccccn3)CC2)c1C.Cl. The molecule has 1 aromatic carbocycles. The van der Waals surface area contributed by atoms with Crippen molar-refractivity contribution in [2.24, 2.45) is 0 Å². The molecule has 0 saturated carbocycles. The maximum Gasteiger partial charge on any atom is 0.260 e. The van der Waals surface area contributed by atoms with Crippen LogP contribution < -0.4 is 4.74 Å². The van der Waals surface area contributed by atoms with Crippen LogP contribution in [0.25, 0.3) is 0 Å². The van der Waals surface area contributed by atoms with Gasteiger partial charge in [-0.2, -0.15) is 0 Å². The summed E-state index contributed by atoms with van der Waals surface area (Å²) in [5.41, 5.74) is 3.39. The third-order valence-electron chi connectivity index (χ3n) is 5.04. The van der Waals surface area contributed by atoms with Gasteiger partial charge < -0.3 is 9.64 Å². The number of hydrogen-bond acceptors (Lipinski definition) is 4. The normalized spacial score (nSPS) is 14.5. The van der Waals surface area contributed by atoms with E-state index in [9.17, 15) is 4.79 Å². The van der Waals surface area contributed by atoms with E-state index in [0.29, 0.717) is 0 Å². The van der Waals surface area contributed by atoms with Crippen LogP contribution in [0, 0.1) is 13.8 Å². The molecule has 1 fully saturated rings. The van der Waals surface area contributed by atoms with Gasteiger partial charge in [0.05, 0.1) is 0 Å². The zero-order valence-electron chi connectivity index (χ0n) is 16.1. The second-order valence-corrected chi connectivity index (χ2v) is 6.78. The fourth-order valence-corrected chi connectivity index (χ4v) is 3.15. The van der Waals surface area contributed by atoms with Crippen molar-refractivity contribution < 1.29 is 9.53 Å². The number of benzene rings is 1. The summed E-state index contributed by atoms with van der Waals surface area (Å²) in [5, 5.41) is 0. The predicted octanol–water partition coefficient (Wildman–Crippen LogP) is 2.89. The zero-order valence-corrected chi connectivity index (χ0v) is 16.9. The summed E-state index contributed by atoms with van der Waals surface area (Å²) in [4.78, 5) is 21.1. The minimum absolute atomic E-state index is 0. The molecule has 1 aliphatic rings. The summed E-state index contributed by atoms with van der Waals surface area (Å²) in [7, 11) is 0. The molecule has 146 valence electrons. The van der Waals surface area contributed by atoms with E-state index in [1.54, 1.807) is 0 Å². The van der Waals surface area contributed by atoms with Crippen LogP contribution in [0.2, 0.25) is 0 Å². The molecule has 0 bridgehead atoms. The molecule has 6 heteroatoms. The monoisotopic (exact) mass is 389 g/mol. The minimum atomic E-state index is 0. The second-order valence-electron chi connectivity index (χ2n) is 6.78. The van der Waals surface area contributed by atoms with Crippen molar-refractivity contribution in [3.63, 3.8) is 0 Å². The maximum absolute atomic E-state index is 12.4. The molecule has 0 aliphatic carbocycles. The molecule has 0 atom stereocenters. The Morgan fingerprint density at radius 1 is 1.07 bits per heavy atom. The van der Waals surface area contributed by atoms with E-state index in [0.717, 1.165) is 56.2 Å². The van der Waals surface area contributed by atoms with Gasteiger partial charge in [-0.1, -0.05) is 18.2 Å². The third kappa shape index (κ3) is 5.94. The van der Waals surface area contributed by atoms with Gasteiger partial charge in [0, 0.05) is 51.0 Å². The third-order valence-corrected chi connectivity index (χ3v) is 5.04. The lowest BCUT2D eigenvalue weighted by atomic mass is 10.1. The van der Waals surface area contributed by atoms with E-state index in [-0.39, 0.29) is 24.9 Å². The number of ether oxygens (including phenoxy) is 1. The first-order valence-corrected chi connectivity index (χ1v) is 9.22. The van der Waals surface area contributed by atoms with E-state index >= 15 is 0 Å². The number of rotatable bonds is 6. The Balaban J connectivity index is 0.00000261. The van der Waals surface area contributed by atoms with Crippen LogP contribution in [0.1, 0.15) is 16.8 Å². The highest BCUT2D eigenvalue weighted by atomic mass is 35.5. The summed E-state index contributed by atoms with van der Waals surface area (Å²) < 4.78 is 5.75. The molecule has 2 heterocycles. The van der Waals surface area contributed by atoms with Gasteiger partial charge in [-0.25, -0.2) is 0 Å². The van der Waals surface area contributed by atoms with Crippen LogP contribution in [-0.2, 0) is 11.2 Å². The first-order chi connectivity index (χ1) is 12.6. The Hall–Kier alpha value is -2.11. The van der Waals surface area contributed by atoms with Gasteiger partial charge in [-0.15, -0.1) is 12.4 Å². The fraction of sp³-hybridized carbons (Fsp3) is 0.429. The molecule has 3 rings (SSSR count). The number of pyridine rings is 1. The smallest absolute Gasteiger partial charge is 0.260 e. The lowest BCUT2D eigenvalue weighted by Crippen LogP contribution is -2.50. The number of halogens is 1. The average Bonchev–Trinajstić information content (AvgIpc) is 2.68. The number of piperazine rings is 1. The molecule has 0 N–H and O–H groups in total. The van der Waals surface area contributed by atoms with Crippen molar-refractivity contribution in [3.8, 4) is 5.75 Å². The second kappa shape index (κ2) is 10.3. The van der Waals surface area contributed by atoms with Crippen molar-refractivity contribution in [3.05, 3.63) is 59.4 Å². The van der Waals surface area contributed by atoms with Gasteiger partial charge in [0.2, 0.25) is 0 Å². The first kappa shape index (κ1) is 21.2.